The van der Waals surface area contributed by atoms with Crippen LogP contribution in [0.3, 0.4) is 0 Å². The van der Waals surface area contributed by atoms with E-state index in [0.717, 1.165) is 11.8 Å². The summed E-state index contributed by atoms with van der Waals surface area (Å²) in [7, 11) is -3.49. The molecule has 1 heterocycles. The number of halogens is 1. The van der Waals surface area contributed by atoms with Crippen molar-refractivity contribution in [2.45, 2.75) is 19.4 Å². The molecule has 7 nitrogen and oxygen atoms in total. The molecule has 2 aromatic rings. The number of carbonyl (C=O) groups is 1. The fraction of sp³-hybridized carbons (Fsp3) is 0.333. The highest BCUT2D eigenvalue weighted by Crippen LogP contribution is 2.29. The molecule has 0 saturated heterocycles. The minimum atomic E-state index is -3.49. The Kier molecular flexibility index (Phi) is 5.86. The molecule has 0 spiro atoms. The van der Waals surface area contributed by atoms with Crippen molar-refractivity contribution in [3.05, 3.63) is 52.7 Å². The molecule has 1 fully saturated rings. The van der Waals surface area contributed by atoms with Crippen LogP contribution < -0.4 is 14.8 Å². The van der Waals surface area contributed by atoms with Crippen LogP contribution in [-0.4, -0.2) is 32.2 Å². The first-order valence-corrected chi connectivity index (χ1v) is 10.7. The van der Waals surface area contributed by atoms with Crippen LogP contribution in [0.15, 0.2) is 36.5 Å². The molecule has 1 aliphatic carbocycles. The van der Waals surface area contributed by atoms with E-state index in [-0.39, 0.29) is 23.2 Å². The maximum absolute atomic E-state index is 12.3. The van der Waals surface area contributed by atoms with Gasteiger partial charge in [-0.2, -0.15) is 0 Å². The zero-order valence-electron chi connectivity index (χ0n) is 14.7. The van der Waals surface area contributed by atoms with E-state index in [0.29, 0.717) is 24.0 Å². The number of sulfonamides is 1. The van der Waals surface area contributed by atoms with Gasteiger partial charge in [0.1, 0.15) is 0 Å². The number of benzene rings is 1. The van der Waals surface area contributed by atoms with Crippen molar-refractivity contribution in [3.63, 3.8) is 0 Å². The molecule has 1 aromatic carbocycles. The lowest BCUT2D eigenvalue weighted by atomic mass is 10.2. The lowest BCUT2D eigenvalue weighted by Gasteiger charge is -2.10. The standard InChI is InChI=1S/C18H20ClN3O4S/c1-27(24,25)22-16-8-14(5-6-15(16)19)18(23)21-10-13-4-7-17(20-9-13)26-11-12-2-3-12/h4-9,12,22H,2-3,10-11H2,1H3,(H,21,23). The first kappa shape index (κ1) is 19.4. The molecule has 3 rings (SSSR count). The Balaban J connectivity index is 1.57. The van der Waals surface area contributed by atoms with Crippen LogP contribution in [-0.2, 0) is 16.6 Å². The molecule has 0 radical (unpaired) electrons. The summed E-state index contributed by atoms with van der Waals surface area (Å²) in [6, 6.07) is 8.01. The van der Waals surface area contributed by atoms with Gasteiger partial charge in [0, 0.05) is 24.4 Å². The molecule has 0 unspecified atom stereocenters. The van der Waals surface area contributed by atoms with E-state index >= 15 is 0 Å². The molecule has 144 valence electrons. The molecule has 1 aliphatic rings. The van der Waals surface area contributed by atoms with Gasteiger partial charge in [0.15, 0.2) is 0 Å². The normalized spacial score (nSPS) is 13.9. The van der Waals surface area contributed by atoms with E-state index in [1.807, 2.05) is 6.07 Å². The van der Waals surface area contributed by atoms with Gasteiger partial charge in [-0.25, -0.2) is 13.4 Å². The number of rotatable bonds is 8. The highest BCUT2D eigenvalue weighted by atomic mass is 35.5. The summed E-state index contributed by atoms with van der Waals surface area (Å²) in [6.07, 6.45) is 5.11. The van der Waals surface area contributed by atoms with E-state index in [2.05, 4.69) is 15.0 Å². The number of anilines is 1. The lowest BCUT2D eigenvalue weighted by molar-refractivity contribution is 0.0951. The van der Waals surface area contributed by atoms with Gasteiger partial charge in [0.05, 0.1) is 23.6 Å². The average molecular weight is 410 g/mol. The van der Waals surface area contributed by atoms with Crippen LogP contribution in [0.25, 0.3) is 0 Å². The maximum atomic E-state index is 12.3. The number of hydrogen-bond donors (Lipinski definition) is 2. The number of nitrogens with zero attached hydrogens (tertiary/aromatic N) is 1. The molecule has 0 atom stereocenters. The zero-order chi connectivity index (χ0) is 19.4. The molecule has 27 heavy (non-hydrogen) atoms. The Morgan fingerprint density at radius 3 is 2.70 bits per heavy atom. The van der Waals surface area contributed by atoms with Gasteiger partial charge in [0.2, 0.25) is 15.9 Å². The predicted octanol–water partition coefficient (Wildman–Crippen LogP) is 2.83. The van der Waals surface area contributed by atoms with E-state index < -0.39 is 10.0 Å². The van der Waals surface area contributed by atoms with Crippen LogP contribution in [0.5, 0.6) is 5.88 Å². The van der Waals surface area contributed by atoms with Crippen molar-refractivity contribution in [1.82, 2.24) is 10.3 Å². The predicted molar refractivity (Wildman–Crippen MR) is 104 cm³/mol. The SMILES string of the molecule is CS(=O)(=O)Nc1cc(C(=O)NCc2ccc(OCC3CC3)nc2)ccc1Cl. The number of hydrogen-bond acceptors (Lipinski definition) is 5. The van der Waals surface area contributed by atoms with Gasteiger partial charge >= 0.3 is 0 Å². The molecule has 1 saturated carbocycles. The molecular formula is C18H20ClN3O4S. The smallest absolute Gasteiger partial charge is 0.251 e. The number of ether oxygens (including phenoxy) is 1. The minimum Gasteiger partial charge on any atom is -0.477 e. The number of pyridine rings is 1. The van der Waals surface area contributed by atoms with E-state index in [4.69, 9.17) is 16.3 Å². The summed E-state index contributed by atoms with van der Waals surface area (Å²) < 4.78 is 30.6. The monoisotopic (exact) mass is 409 g/mol. The Labute approximate surface area is 163 Å². The number of amides is 1. The molecule has 0 aliphatic heterocycles. The largest absolute Gasteiger partial charge is 0.477 e. The van der Waals surface area contributed by atoms with Gasteiger partial charge in [-0.05, 0) is 42.5 Å². The summed E-state index contributed by atoms with van der Waals surface area (Å²) in [5, 5.41) is 2.98. The molecule has 2 N–H and O–H groups in total. The fourth-order valence-corrected chi connectivity index (χ4v) is 3.11. The van der Waals surface area contributed by atoms with E-state index in [1.165, 1.54) is 31.0 Å². The van der Waals surface area contributed by atoms with Crippen molar-refractivity contribution in [2.24, 2.45) is 5.92 Å². The molecular weight excluding hydrogens is 390 g/mol. The first-order chi connectivity index (χ1) is 12.8. The van der Waals surface area contributed by atoms with Crippen molar-refractivity contribution >= 4 is 33.2 Å². The third-order valence-corrected chi connectivity index (χ3v) is 4.86. The van der Waals surface area contributed by atoms with Gasteiger partial charge < -0.3 is 10.1 Å². The van der Waals surface area contributed by atoms with Crippen LogP contribution >= 0.6 is 11.6 Å². The first-order valence-electron chi connectivity index (χ1n) is 8.43. The Hall–Kier alpha value is -2.32. The summed E-state index contributed by atoms with van der Waals surface area (Å²) in [4.78, 5) is 16.5. The van der Waals surface area contributed by atoms with Gasteiger partial charge in [-0.1, -0.05) is 17.7 Å². The second-order valence-electron chi connectivity index (χ2n) is 6.51. The third-order valence-electron chi connectivity index (χ3n) is 3.94. The lowest BCUT2D eigenvalue weighted by Crippen LogP contribution is -2.23. The Morgan fingerprint density at radius 2 is 2.07 bits per heavy atom. The summed E-state index contributed by atoms with van der Waals surface area (Å²) in [6.45, 7) is 0.982. The van der Waals surface area contributed by atoms with Gasteiger partial charge in [0.25, 0.3) is 5.91 Å². The molecule has 0 bridgehead atoms. The fourth-order valence-electron chi connectivity index (χ4n) is 2.32. The Morgan fingerprint density at radius 1 is 1.30 bits per heavy atom. The highest BCUT2D eigenvalue weighted by molar-refractivity contribution is 7.92. The molecule has 1 amide bonds. The maximum Gasteiger partial charge on any atom is 0.251 e. The summed E-state index contributed by atoms with van der Waals surface area (Å²) in [5.41, 5.74) is 1.28. The topological polar surface area (TPSA) is 97.4 Å². The van der Waals surface area contributed by atoms with Crippen molar-refractivity contribution in [3.8, 4) is 5.88 Å². The number of nitrogens with one attached hydrogen (secondary N) is 2. The summed E-state index contributed by atoms with van der Waals surface area (Å²) >= 11 is 5.96. The van der Waals surface area contributed by atoms with Crippen molar-refractivity contribution in [1.29, 1.82) is 0 Å². The highest BCUT2D eigenvalue weighted by Gasteiger charge is 2.22. The zero-order valence-corrected chi connectivity index (χ0v) is 16.3. The van der Waals surface area contributed by atoms with Crippen molar-refractivity contribution < 1.29 is 17.9 Å². The van der Waals surface area contributed by atoms with Crippen LogP contribution in [0, 0.1) is 5.92 Å². The minimum absolute atomic E-state index is 0.158. The van der Waals surface area contributed by atoms with Gasteiger partial charge in [-0.3, -0.25) is 9.52 Å². The van der Waals surface area contributed by atoms with Gasteiger partial charge in [-0.15, -0.1) is 0 Å². The summed E-state index contributed by atoms with van der Waals surface area (Å²) in [5.74, 6) is 0.885. The second kappa shape index (κ2) is 8.14. The Bertz CT molecular complexity index is 928. The van der Waals surface area contributed by atoms with Crippen LogP contribution in [0.2, 0.25) is 5.02 Å². The van der Waals surface area contributed by atoms with Crippen LogP contribution in [0.4, 0.5) is 5.69 Å². The molecule has 1 aromatic heterocycles. The second-order valence-corrected chi connectivity index (χ2v) is 8.67. The third kappa shape index (κ3) is 6.11. The van der Waals surface area contributed by atoms with E-state index in [9.17, 15) is 13.2 Å². The molecule has 9 heteroatoms. The average Bonchev–Trinajstić information content (AvgIpc) is 3.44. The van der Waals surface area contributed by atoms with E-state index in [1.54, 1.807) is 12.3 Å². The quantitative estimate of drug-likeness (QED) is 0.698. The number of carbonyl (C=O) groups excluding carboxylic acids is 1. The van der Waals surface area contributed by atoms with Crippen LogP contribution in [0.1, 0.15) is 28.8 Å². The number of aromatic nitrogens is 1. The van der Waals surface area contributed by atoms with Crippen molar-refractivity contribution in [2.75, 3.05) is 17.6 Å².